The number of nitrogens with zero attached hydrogens (tertiary/aromatic N) is 1. The first-order chi connectivity index (χ1) is 9.63. The lowest BCUT2D eigenvalue weighted by molar-refractivity contribution is 0.0748. The molecule has 5 nitrogen and oxygen atoms in total. The van der Waals surface area contributed by atoms with Crippen molar-refractivity contribution in [3.8, 4) is 0 Å². The average Bonchev–Trinajstić information content (AvgIpc) is 2.78. The third-order valence-corrected chi connectivity index (χ3v) is 4.20. The van der Waals surface area contributed by atoms with Gasteiger partial charge in [-0.2, -0.15) is 0 Å². The molecule has 2 heterocycles. The first-order valence-electron chi connectivity index (χ1n) is 7.08. The monoisotopic (exact) mass is 273 g/mol. The second-order valence-corrected chi connectivity index (χ2v) is 5.62. The molecule has 20 heavy (non-hydrogen) atoms. The Labute approximate surface area is 118 Å². The SMILES string of the molecule is NC(=O)c1cccc(C(=O)N2CCC3CCC(C2)N3)c1. The van der Waals surface area contributed by atoms with Crippen molar-refractivity contribution in [2.75, 3.05) is 13.1 Å². The molecule has 2 unspecified atom stereocenters. The van der Waals surface area contributed by atoms with E-state index < -0.39 is 5.91 Å². The Kier molecular flexibility index (Phi) is 3.44. The summed E-state index contributed by atoms with van der Waals surface area (Å²) in [5.41, 5.74) is 6.18. The summed E-state index contributed by atoms with van der Waals surface area (Å²) in [6.45, 7) is 1.52. The molecule has 0 spiro atoms. The van der Waals surface area contributed by atoms with Gasteiger partial charge in [0.25, 0.3) is 5.91 Å². The van der Waals surface area contributed by atoms with Crippen LogP contribution in [0.5, 0.6) is 0 Å². The molecule has 2 saturated heterocycles. The minimum Gasteiger partial charge on any atom is -0.366 e. The Bertz CT molecular complexity index is 544. The molecule has 2 atom stereocenters. The molecule has 2 fully saturated rings. The molecule has 2 bridgehead atoms. The summed E-state index contributed by atoms with van der Waals surface area (Å²) >= 11 is 0. The Morgan fingerprint density at radius 3 is 2.70 bits per heavy atom. The van der Waals surface area contributed by atoms with Crippen molar-refractivity contribution in [2.24, 2.45) is 5.73 Å². The normalized spacial score (nSPS) is 25.3. The molecule has 3 rings (SSSR count). The number of hydrogen-bond acceptors (Lipinski definition) is 3. The second-order valence-electron chi connectivity index (χ2n) is 5.62. The van der Waals surface area contributed by atoms with Gasteiger partial charge >= 0.3 is 0 Å². The van der Waals surface area contributed by atoms with Gasteiger partial charge in [0, 0.05) is 36.3 Å². The third-order valence-electron chi connectivity index (χ3n) is 4.20. The summed E-state index contributed by atoms with van der Waals surface area (Å²) in [5, 5.41) is 3.55. The van der Waals surface area contributed by atoms with E-state index in [0.29, 0.717) is 23.2 Å². The van der Waals surface area contributed by atoms with E-state index in [9.17, 15) is 9.59 Å². The van der Waals surface area contributed by atoms with E-state index >= 15 is 0 Å². The van der Waals surface area contributed by atoms with E-state index in [1.54, 1.807) is 24.3 Å². The average molecular weight is 273 g/mol. The second kappa shape index (κ2) is 5.25. The molecule has 3 N–H and O–H groups in total. The number of fused-ring (bicyclic) bond motifs is 2. The number of primary amides is 1. The highest BCUT2D eigenvalue weighted by Gasteiger charge is 2.31. The van der Waals surface area contributed by atoms with E-state index in [4.69, 9.17) is 5.73 Å². The van der Waals surface area contributed by atoms with Crippen LogP contribution in [0.1, 0.15) is 40.0 Å². The van der Waals surface area contributed by atoms with Crippen molar-refractivity contribution < 1.29 is 9.59 Å². The summed E-state index contributed by atoms with van der Waals surface area (Å²) in [6, 6.07) is 7.62. The summed E-state index contributed by atoms with van der Waals surface area (Å²) in [6.07, 6.45) is 3.34. The zero-order valence-corrected chi connectivity index (χ0v) is 11.3. The molecular formula is C15H19N3O2. The number of carbonyl (C=O) groups is 2. The molecular weight excluding hydrogens is 254 g/mol. The van der Waals surface area contributed by atoms with Crippen LogP contribution in [0, 0.1) is 0 Å². The van der Waals surface area contributed by atoms with Crippen LogP contribution < -0.4 is 11.1 Å². The van der Waals surface area contributed by atoms with Crippen molar-refractivity contribution in [1.29, 1.82) is 0 Å². The van der Waals surface area contributed by atoms with Crippen LogP contribution in [-0.4, -0.2) is 41.9 Å². The first kappa shape index (κ1) is 13.1. The van der Waals surface area contributed by atoms with Gasteiger partial charge in [-0.25, -0.2) is 0 Å². The first-order valence-corrected chi connectivity index (χ1v) is 7.08. The molecule has 0 saturated carbocycles. The molecule has 5 heteroatoms. The highest BCUT2D eigenvalue weighted by atomic mass is 16.2. The van der Waals surface area contributed by atoms with Gasteiger partial charge in [0.2, 0.25) is 5.91 Å². The standard InChI is InChI=1S/C15H19N3O2/c16-14(19)10-2-1-3-11(8-10)15(20)18-7-6-12-4-5-13(9-18)17-12/h1-3,8,12-13,17H,4-7,9H2,(H2,16,19). The highest BCUT2D eigenvalue weighted by Crippen LogP contribution is 2.21. The van der Waals surface area contributed by atoms with Gasteiger partial charge in [0.1, 0.15) is 0 Å². The lowest BCUT2D eigenvalue weighted by Crippen LogP contribution is -2.39. The summed E-state index contributed by atoms with van der Waals surface area (Å²) in [4.78, 5) is 25.6. The van der Waals surface area contributed by atoms with E-state index in [-0.39, 0.29) is 5.91 Å². The molecule has 0 radical (unpaired) electrons. The number of nitrogens with one attached hydrogen (secondary N) is 1. The van der Waals surface area contributed by atoms with Gasteiger partial charge in [-0.05, 0) is 37.5 Å². The molecule has 0 aromatic heterocycles. The fraction of sp³-hybridized carbons (Fsp3) is 0.467. The number of amides is 2. The number of nitrogens with two attached hydrogens (primary N) is 1. The maximum absolute atomic E-state index is 12.5. The zero-order valence-electron chi connectivity index (χ0n) is 11.3. The van der Waals surface area contributed by atoms with Gasteiger partial charge in [-0.3, -0.25) is 9.59 Å². The molecule has 2 aliphatic heterocycles. The van der Waals surface area contributed by atoms with Gasteiger partial charge in [0.15, 0.2) is 0 Å². The van der Waals surface area contributed by atoms with Crippen molar-refractivity contribution in [2.45, 2.75) is 31.3 Å². The molecule has 1 aromatic carbocycles. The van der Waals surface area contributed by atoms with E-state index in [1.807, 2.05) is 4.90 Å². The van der Waals surface area contributed by atoms with Crippen molar-refractivity contribution in [3.05, 3.63) is 35.4 Å². The highest BCUT2D eigenvalue weighted by molar-refractivity contribution is 5.99. The minimum absolute atomic E-state index is 0.0116. The lowest BCUT2D eigenvalue weighted by Gasteiger charge is -2.24. The fourth-order valence-electron chi connectivity index (χ4n) is 3.12. The smallest absolute Gasteiger partial charge is 0.253 e. The van der Waals surface area contributed by atoms with Crippen LogP contribution in [0.15, 0.2) is 24.3 Å². The molecule has 1 aromatic rings. The van der Waals surface area contributed by atoms with E-state index in [1.165, 1.54) is 6.42 Å². The van der Waals surface area contributed by atoms with E-state index in [0.717, 1.165) is 25.9 Å². The van der Waals surface area contributed by atoms with Crippen LogP contribution in [-0.2, 0) is 0 Å². The predicted molar refractivity (Wildman–Crippen MR) is 75.4 cm³/mol. The Morgan fingerprint density at radius 1 is 1.15 bits per heavy atom. The zero-order chi connectivity index (χ0) is 14.1. The van der Waals surface area contributed by atoms with Gasteiger partial charge < -0.3 is 16.0 Å². The van der Waals surface area contributed by atoms with Crippen molar-refractivity contribution >= 4 is 11.8 Å². The Morgan fingerprint density at radius 2 is 1.90 bits per heavy atom. The lowest BCUT2D eigenvalue weighted by atomic mass is 10.1. The topological polar surface area (TPSA) is 75.4 Å². The van der Waals surface area contributed by atoms with Gasteiger partial charge in [-0.15, -0.1) is 0 Å². The summed E-state index contributed by atoms with van der Waals surface area (Å²) in [7, 11) is 0. The molecule has 106 valence electrons. The number of benzene rings is 1. The van der Waals surface area contributed by atoms with Crippen molar-refractivity contribution in [1.82, 2.24) is 10.2 Å². The largest absolute Gasteiger partial charge is 0.366 e. The van der Waals surface area contributed by atoms with Crippen molar-refractivity contribution in [3.63, 3.8) is 0 Å². The quantitative estimate of drug-likeness (QED) is 0.835. The number of rotatable bonds is 2. The molecule has 0 aliphatic carbocycles. The maximum Gasteiger partial charge on any atom is 0.253 e. The number of carbonyl (C=O) groups excluding carboxylic acids is 2. The van der Waals surface area contributed by atoms with E-state index in [2.05, 4.69) is 5.32 Å². The van der Waals surface area contributed by atoms with Crippen LogP contribution >= 0.6 is 0 Å². The Balaban J connectivity index is 1.78. The minimum atomic E-state index is -0.503. The summed E-state index contributed by atoms with van der Waals surface area (Å²) in [5.74, 6) is -0.515. The number of likely N-dealkylation sites (tertiary alicyclic amines) is 1. The third kappa shape index (κ3) is 2.54. The predicted octanol–water partition coefficient (Wildman–Crippen LogP) is 0.752. The maximum atomic E-state index is 12.5. The van der Waals surface area contributed by atoms with Crippen LogP contribution in [0.4, 0.5) is 0 Å². The van der Waals surface area contributed by atoms with Gasteiger partial charge in [0.05, 0.1) is 0 Å². The Hall–Kier alpha value is -1.88. The molecule has 2 amide bonds. The van der Waals surface area contributed by atoms with Crippen LogP contribution in [0.2, 0.25) is 0 Å². The van der Waals surface area contributed by atoms with Crippen LogP contribution in [0.25, 0.3) is 0 Å². The van der Waals surface area contributed by atoms with Gasteiger partial charge in [-0.1, -0.05) is 6.07 Å². The van der Waals surface area contributed by atoms with Crippen LogP contribution in [0.3, 0.4) is 0 Å². The fourth-order valence-corrected chi connectivity index (χ4v) is 3.12. The number of hydrogen-bond donors (Lipinski definition) is 2. The molecule has 2 aliphatic rings. The summed E-state index contributed by atoms with van der Waals surface area (Å²) < 4.78 is 0.